The molecule has 136 valence electrons. The van der Waals surface area contributed by atoms with Gasteiger partial charge in [-0.3, -0.25) is 0 Å². The molecule has 5 rings (SSSR count). The molecule has 3 heterocycles. The zero-order chi connectivity index (χ0) is 19.1. The lowest BCUT2D eigenvalue weighted by Crippen LogP contribution is -2.31. The maximum atomic E-state index is 8.92. The number of benzene rings is 2. The molecule has 0 radical (unpaired) electrons. The number of nitriles is 1. The summed E-state index contributed by atoms with van der Waals surface area (Å²) in [5.41, 5.74) is 7.36. The van der Waals surface area contributed by atoms with E-state index in [9.17, 15) is 0 Å². The first-order chi connectivity index (χ1) is 13.7. The van der Waals surface area contributed by atoms with E-state index in [1.54, 1.807) is 6.07 Å². The average molecular weight is 365 g/mol. The van der Waals surface area contributed by atoms with Gasteiger partial charge in [0, 0.05) is 36.3 Å². The Morgan fingerprint density at radius 3 is 2.82 bits per heavy atom. The molecule has 1 aliphatic heterocycles. The van der Waals surface area contributed by atoms with Gasteiger partial charge in [0.05, 0.1) is 5.69 Å². The lowest BCUT2D eigenvalue weighted by molar-refractivity contribution is 0.295. The summed E-state index contributed by atoms with van der Waals surface area (Å²) in [6.07, 6.45) is 1.99. The van der Waals surface area contributed by atoms with Crippen LogP contribution in [-0.2, 0) is 6.54 Å². The number of likely N-dealkylation sites (N-methyl/N-ethyl adjacent to an activating group) is 1. The quantitative estimate of drug-likeness (QED) is 0.581. The molecule has 0 spiro atoms. The Balaban J connectivity index is 1.56. The second kappa shape index (κ2) is 6.59. The second-order valence-electron chi connectivity index (χ2n) is 7.40. The van der Waals surface area contributed by atoms with E-state index in [0.29, 0.717) is 11.6 Å². The lowest BCUT2D eigenvalue weighted by atomic mass is 9.83. The number of rotatable bonds is 2. The summed E-state index contributed by atoms with van der Waals surface area (Å²) in [5.74, 6) is 0.342. The topological polar surface area (TPSA) is 68.6 Å². The van der Waals surface area contributed by atoms with Crippen LogP contribution in [0.4, 0.5) is 0 Å². The van der Waals surface area contributed by atoms with Crippen molar-refractivity contribution in [3.8, 4) is 17.3 Å². The van der Waals surface area contributed by atoms with E-state index in [0.717, 1.165) is 24.3 Å². The third-order valence-electron chi connectivity index (χ3n) is 5.51. The molecule has 5 nitrogen and oxygen atoms in total. The van der Waals surface area contributed by atoms with Gasteiger partial charge in [-0.25, -0.2) is 0 Å². The number of nitrogens with one attached hydrogen (secondary N) is 1. The van der Waals surface area contributed by atoms with Crippen molar-refractivity contribution >= 4 is 10.9 Å². The number of fused-ring (bicyclic) bond motifs is 2. The van der Waals surface area contributed by atoms with Crippen LogP contribution >= 0.6 is 0 Å². The first-order valence-electron chi connectivity index (χ1n) is 9.34. The predicted octanol–water partition coefficient (Wildman–Crippen LogP) is 4.07. The van der Waals surface area contributed by atoms with E-state index in [-0.39, 0.29) is 0 Å². The predicted molar refractivity (Wildman–Crippen MR) is 109 cm³/mol. The highest BCUT2D eigenvalue weighted by molar-refractivity contribution is 5.80. The fourth-order valence-electron chi connectivity index (χ4n) is 4.13. The number of aromatic amines is 1. The molecular weight excluding hydrogens is 346 g/mol. The van der Waals surface area contributed by atoms with Crippen LogP contribution in [0.15, 0.2) is 60.8 Å². The molecular formula is C23H19N5. The Labute approximate surface area is 163 Å². The summed E-state index contributed by atoms with van der Waals surface area (Å²) in [4.78, 5) is 5.63. The smallest absolute Gasteiger partial charge is 0.163 e. The molecule has 0 bridgehead atoms. The van der Waals surface area contributed by atoms with Crippen LogP contribution in [0.3, 0.4) is 0 Å². The third kappa shape index (κ3) is 2.84. The summed E-state index contributed by atoms with van der Waals surface area (Å²) in [5, 5.41) is 18.3. The zero-order valence-corrected chi connectivity index (χ0v) is 15.6. The highest BCUT2D eigenvalue weighted by Crippen LogP contribution is 2.36. The normalized spacial score (nSPS) is 16.6. The van der Waals surface area contributed by atoms with Gasteiger partial charge in [0.25, 0.3) is 0 Å². The number of aromatic nitrogens is 3. The summed E-state index contributed by atoms with van der Waals surface area (Å²) in [6, 6.07) is 20.9. The van der Waals surface area contributed by atoms with Gasteiger partial charge in [-0.2, -0.15) is 5.26 Å². The van der Waals surface area contributed by atoms with Crippen LogP contribution in [-0.4, -0.2) is 33.7 Å². The minimum Gasteiger partial charge on any atom is -0.361 e. The van der Waals surface area contributed by atoms with Crippen LogP contribution in [0.1, 0.15) is 28.3 Å². The summed E-state index contributed by atoms with van der Waals surface area (Å²) >= 11 is 0. The molecule has 1 N–H and O–H groups in total. The maximum Gasteiger partial charge on any atom is 0.163 e. The molecule has 4 aromatic rings. The maximum absolute atomic E-state index is 8.92. The van der Waals surface area contributed by atoms with Gasteiger partial charge in [0.1, 0.15) is 6.07 Å². The van der Waals surface area contributed by atoms with E-state index in [2.05, 4.69) is 69.6 Å². The van der Waals surface area contributed by atoms with Crippen LogP contribution in [0.5, 0.6) is 0 Å². The fourth-order valence-corrected chi connectivity index (χ4v) is 4.13. The Morgan fingerprint density at radius 1 is 1.07 bits per heavy atom. The van der Waals surface area contributed by atoms with Gasteiger partial charge in [0.15, 0.2) is 5.69 Å². The monoisotopic (exact) mass is 365 g/mol. The number of hydrogen-bond acceptors (Lipinski definition) is 4. The van der Waals surface area contributed by atoms with Gasteiger partial charge < -0.3 is 9.88 Å². The first kappa shape index (κ1) is 16.7. The fraction of sp³-hybridized carbons (Fsp3) is 0.174. The Kier molecular flexibility index (Phi) is 3.92. The molecule has 1 unspecified atom stereocenters. The Hall–Kier alpha value is -3.49. The van der Waals surface area contributed by atoms with Gasteiger partial charge in [-0.1, -0.05) is 18.2 Å². The molecule has 2 aromatic carbocycles. The minimum atomic E-state index is 0.335. The van der Waals surface area contributed by atoms with Crippen LogP contribution in [0, 0.1) is 11.3 Å². The molecule has 28 heavy (non-hydrogen) atoms. The van der Waals surface area contributed by atoms with Crippen molar-refractivity contribution in [1.29, 1.82) is 5.26 Å². The summed E-state index contributed by atoms with van der Waals surface area (Å²) in [6.45, 7) is 1.91. The summed E-state index contributed by atoms with van der Waals surface area (Å²) < 4.78 is 0. The molecule has 1 atom stereocenters. The van der Waals surface area contributed by atoms with Crippen LogP contribution in [0.2, 0.25) is 0 Å². The Bertz CT molecular complexity index is 1200. The first-order valence-corrected chi connectivity index (χ1v) is 9.34. The van der Waals surface area contributed by atoms with E-state index >= 15 is 0 Å². The van der Waals surface area contributed by atoms with Crippen molar-refractivity contribution in [2.24, 2.45) is 0 Å². The molecule has 0 saturated carbocycles. The standard InChI is InChI=1S/C23H19N5/c1-28-13-18-11-16(23-7-4-19(12-24)26-27-23)2-5-20(18)21(14-28)15-3-6-22-17(10-15)8-9-25-22/h2-11,21,25H,13-14H2,1H3. The Morgan fingerprint density at radius 2 is 2.00 bits per heavy atom. The van der Waals surface area contributed by atoms with Crippen molar-refractivity contribution < 1.29 is 0 Å². The van der Waals surface area contributed by atoms with E-state index < -0.39 is 0 Å². The van der Waals surface area contributed by atoms with Gasteiger partial charge in [-0.05, 0) is 65.5 Å². The van der Waals surface area contributed by atoms with Gasteiger partial charge in [0.2, 0.25) is 0 Å². The third-order valence-corrected chi connectivity index (χ3v) is 5.51. The van der Waals surface area contributed by atoms with E-state index in [1.807, 2.05) is 18.3 Å². The molecule has 5 heteroatoms. The van der Waals surface area contributed by atoms with Crippen LogP contribution in [0.25, 0.3) is 22.2 Å². The van der Waals surface area contributed by atoms with Crippen molar-refractivity contribution in [3.05, 3.63) is 83.2 Å². The highest BCUT2D eigenvalue weighted by atomic mass is 15.1. The van der Waals surface area contributed by atoms with Crippen molar-refractivity contribution in [2.75, 3.05) is 13.6 Å². The molecule has 1 aliphatic rings. The zero-order valence-electron chi connectivity index (χ0n) is 15.6. The molecule has 0 saturated heterocycles. The minimum absolute atomic E-state index is 0.335. The van der Waals surface area contributed by atoms with Crippen molar-refractivity contribution in [2.45, 2.75) is 12.5 Å². The van der Waals surface area contributed by atoms with Crippen molar-refractivity contribution in [1.82, 2.24) is 20.1 Å². The summed E-state index contributed by atoms with van der Waals surface area (Å²) in [7, 11) is 2.17. The molecule has 2 aromatic heterocycles. The second-order valence-corrected chi connectivity index (χ2v) is 7.40. The molecule has 0 fully saturated rings. The number of nitrogens with zero attached hydrogens (tertiary/aromatic N) is 4. The van der Waals surface area contributed by atoms with Crippen molar-refractivity contribution in [3.63, 3.8) is 0 Å². The van der Waals surface area contributed by atoms with Crippen LogP contribution < -0.4 is 0 Å². The number of hydrogen-bond donors (Lipinski definition) is 1. The highest BCUT2D eigenvalue weighted by Gasteiger charge is 2.25. The largest absolute Gasteiger partial charge is 0.361 e. The van der Waals surface area contributed by atoms with E-state index in [4.69, 9.17) is 5.26 Å². The molecule has 0 aliphatic carbocycles. The average Bonchev–Trinajstić information content (AvgIpc) is 3.20. The van der Waals surface area contributed by atoms with Gasteiger partial charge >= 0.3 is 0 Å². The lowest BCUT2D eigenvalue weighted by Gasteiger charge is -2.33. The molecule has 0 amide bonds. The van der Waals surface area contributed by atoms with Gasteiger partial charge in [-0.15, -0.1) is 10.2 Å². The SMILES string of the molecule is CN1Cc2cc(-c3ccc(C#N)nn3)ccc2C(c2ccc3[nH]ccc3c2)C1. The number of H-pyrrole nitrogens is 1. The van der Waals surface area contributed by atoms with E-state index in [1.165, 1.54) is 27.6 Å².